The largest absolute Gasteiger partial charge is 0.497 e. The first-order chi connectivity index (χ1) is 13.8. The molecule has 0 unspecified atom stereocenters. The fraction of sp³-hybridized carbons (Fsp3) is 0.350. The van der Waals surface area contributed by atoms with Crippen LogP contribution >= 0.6 is 0 Å². The Bertz CT molecular complexity index is 941. The summed E-state index contributed by atoms with van der Waals surface area (Å²) in [5.41, 5.74) is 1.31. The highest BCUT2D eigenvalue weighted by atomic mass is 32.2. The molecular formula is C20H24FN3O4S. The van der Waals surface area contributed by atoms with Crippen LogP contribution in [-0.2, 0) is 14.8 Å². The summed E-state index contributed by atoms with van der Waals surface area (Å²) >= 11 is 0. The summed E-state index contributed by atoms with van der Waals surface area (Å²) < 4.78 is 43.7. The molecular weight excluding hydrogens is 397 g/mol. The molecule has 7 nitrogen and oxygen atoms in total. The zero-order chi connectivity index (χ0) is 21.0. The summed E-state index contributed by atoms with van der Waals surface area (Å²) in [5.74, 6) is 0.0292. The van der Waals surface area contributed by atoms with Gasteiger partial charge >= 0.3 is 0 Å². The molecule has 0 atom stereocenters. The van der Waals surface area contributed by atoms with Crippen LogP contribution in [0.3, 0.4) is 0 Å². The molecule has 1 aliphatic rings. The maximum atomic E-state index is 13.2. The molecule has 0 aromatic heterocycles. The number of carbonyl (C=O) groups is 1. The average Bonchev–Trinajstić information content (AvgIpc) is 2.72. The summed E-state index contributed by atoms with van der Waals surface area (Å²) in [6, 6.07) is 12.8. The van der Waals surface area contributed by atoms with Gasteiger partial charge in [0.1, 0.15) is 18.1 Å². The number of carbonyl (C=O) groups excluding carboxylic acids is 1. The van der Waals surface area contributed by atoms with Crippen molar-refractivity contribution >= 4 is 27.3 Å². The van der Waals surface area contributed by atoms with Crippen molar-refractivity contribution < 1.29 is 22.3 Å². The molecule has 2 aromatic rings. The summed E-state index contributed by atoms with van der Waals surface area (Å²) in [5, 5.41) is 0. The highest BCUT2D eigenvalue weighted by Gasteiger charge is 2.26. The first kappa shape index (κ1) is 20.9. The van der Waals surface area contributed by atoms with Gasteiger partial charge in [-0.05, 0) is 48.5 Å². The van der Waals surface area contributed by atoms with Crippen molar-refractivity contribution in [2.45, 2.75) is 0 Å². The molecule has 3 rings (SSSR count). The van der Waals surface area contributed by atoms with Crippen LogP contribution in [0.4, 0.5) is 15.8 Å². The number of hydrogen-bond acceptors (Lipinski definition) is 5. The van der Waals surface area contributed by atoms with Crippen molar-refractivity contribution in [3.05, 3.63) is 54.3 Å². The van der Waals surface area contributed by atoms with E-state index in [0.29, 0.717) is 26.2 Å². The fourth-order valence-corrected chi connectivity index (χ4v) is 4.09. The van der Waals surface area contributed by atoms with Gasteiger partial charge in [-0.1, -0.05) is 0 Å². The van der Waals surface area contributed by atoms with Crippen LogP contribution in [0.1, 0.15) is 0 Å². The highest BCUT2D eigenvalue weighted by molar-refractivity contribution is 7.92. The lowest BCUT2D eigenvalue weighted by Crippen LogP contribution is -2.52. The molecule has 0 spiro atoms. The minimum absolute atomic E-state index is 0.263. The molecule has 29 heavy (non-hydrogen) atoms. The third-order valence-electron chi connectivity index (χ3n) is 4.86. The van der Waals surface area contributed by atoms with E-state index in [9.17, 15) is 17.6 Å². The van der Waals surface area contributed by atoms with Crippen molar-refractivity contribution in [2.75, 3.05) is 55.3 Å². The number of amides is 1. The average molecular weight is 421 g/mol. The number of halogens is 1. The first-order valence-corrected chi connectivity index (χ1v) is 11.0. The Hall–Kier alpha value is -2.81. The van der Waals surface area contributed by atoms with E-state index in [1.54, 1.807) is 12.0 Å². The Morgan fingerprint density at radius 2 is 1.62 bits per heavy atom. The lowest BCUT2D eigenvalue weighted by atomic mass is 10.2. The number of nitrogens with zero attached hydrogens (tertiary/aromatic N) is 3. The Labute approximate surface area is 170 Å². The Kier molecular flexibility index (Phi) is 6.26. The van der Waals surface area contributed by atoms with E-state index in [-0.39, 0.29) is 18.1 Å². The second-order valence-electron chi connectivity index (χ2n) is 6.81. The number of anilines is 2. The standard InChI is InChI=1S/C20H24FN3O4S/c1-28-19-9-7-17(8-10-19)22-11-13-23(14-12-22)20(25)15-24(29(2,26)27)18-5-3-16(21)4-6-18/h3-10H,11-15H2,1-2H3. The Balaban J connectivity index is 1.63. The molecule has 2 aromatic carbocycles. The van der Waals surface area contributed by atoms with E-state index in [1.165, 1.54) is 24.3 Å². The number of methoxy groups -OCH3 is 1. The molecule has 1 saturated heterocycles. The van der Waals surface area contributed by atoms with Crippen LogP contribution in [0.2, 0.25) is 0 Å². The van der Waals surface area contributed by atoms with Crippen LogP contribution < -0.4 is 13.9 Å². The van der Waals surface area contributed by atoms with Gasteiger partial charge in [-0.2, -0.15) is 0 Å². The van der Waals surface area contributed by atoms with Crippen LogP contribution in [0, 0.1) is 5.82 Å². The van der Waals surface area contributed by atoms with Crippen molar-refractivity contribution in [1.82, 2.24) is 4.90 Å². The normalized spacial score (nSPS) is 14.6. The van der Waals surface area contributed by atoms with Crippen LogP contribution in [0.15, 0.2) is 48.5 Å². The van der Waals surface area contributed by atoms with Gasteiger partial charge in [0.2, 0.25) is 15.9 Å². The molecule has 0 aliphatic carbocycles. The molecule has 156 valence electrons. The second-order valence-corrected chi connectivity index (χ2v) is 8.72. The van der Waals surface area contributed by atoms with Gasteiger partial charge in [-0.3, -0.25) is 9.10 Å². The third-order valence-corrected chi connectivity index (χ3v) is 6.00. The number of rotatable bonds is 6. The quantitative estimate of drug-likeness (QED) is 0.713. The number of hydrogen-bond donors (Lipinski definition) is 0. The fourth-order valence-electron chi connectivity index (χ4n) is 3.24. The number of benzene rings is 2. The van der Waals surface area contributed by atoms with E-state index >= 15 is 0 Å². The SMILES string of the molecule is COc1ccc(N2CCN(C(=O)CN(c3ccc(F)cc3)S(C)(=O)=O)CC2)cc1. The minimum Gasteiger partial charge on any atom is -0.497 e. The Morgan fingerprint density at radius 1 is 1.03 bits per heavy atom. The van der Waals surface area contributed by atoms with Gasteiger partial charge in [0, 0.05) is 31.9 Å². The van der Waals surface area contributed by atoms with Gasteiger partial charge in [0.05, 0.1) is 19.1 Å². The predicted octanol–water partition coefficient (Wildman–Crippen LogP) is 1.95. The molecule has 1 amide bonds. The number of sulfonamides is 1. The smallest absolute Gasteiger partial charge is 0.243 e. The topological polar surface area (TPSA) is 70.2 Å². The van der Waals surface area contributed by atoms with Gasteiger partial charge < -0.3 is 14.5 Å². The first-order valence-electron chi connectivity index (χ1n) is 9.18. The van der Waals surface area contributed by atoms with Gasteiger partial charge in [-0.15, -0.1) is 0 Å². The van der Waals surface area contributed by atoms with Crippen molar-refractivity contribution in [3.8, 4) is 5.75 Å². The van der Waals surface area contributed by atoms with E-state index in [4.69, 9.17) is 4.74 Å². The van der Waals surface area contributed by atoms with E-state index in [0.717, 1.165) is 22.0 Å². The summed E-state index contributed by atoms with van der Waals surface area (Å²) in [6.07, 6.45) is 1.03. The van der Waals surface area contributed by atoms with Crippen molar-refractivity contribution in [1.29, 1.82) is 0 Å². The summed E-state index contributed by atoms with van der Waals surface area (Å²) in [7, 11) is -2.07. The monoisotopic (exact) mass is 421 g/mol. The van der Waals surface area contributed by atoms with E-state index < -0.39 is 15.8 Å². The molecule has 9 heteroatoms. The van der Waals surface area contributed by atoms with Gasteiger partial charge in [0.25, 0.3) is 0 Å². The lowest BCUT2D eigenvalue weighted by Gasteiger charge is -2.37. The zero-order valence-corrected chi connectivity index (χ0v) is 17.2. The van der Waals surface area contributed by atoms with Crippen LogP contribution in [0.5, 0.6) is 5.75 Å². The maximum Gasteiger partial charge on any atom is 0.243 e. The summed E-state index contributed by atoms with van der Waals surface area (Å²) in [4.78, 5) is 16.6. The van der Waals surface area contributed by atoms with E-state index in [1.807, 2.05) is 24.3 Å². The molecule has 1 aliphatic heterocycles. The molecule has 0 bridgehead atoms. The minimum atomic E-state index is -3.68. The Morgan fingerprint density at radius 3 is 2.14 bits per heavy atom. The molecule has 0 saturated carbocycles. The molecule has 1 heterocycles. The predicted molar refractivity (Wildman–Crippen MR) is 110 cm³/mol. The van der Waals surface area contributed by atoms with Crippen molar-refractivity contribution in [3.63, 3.8) is 0 Å². The zero-order valence-electron chi connectivity index (χ0n) is 16.4. The van der Waals surface area contributed by atoms with Crippen LogP contribution in [-0.4, -0.2) is 65.3 Å². The molecule has 1 fully saturated rings. The van der Waals surface area contributed by atoms with Gasteiger partial charge in [-0.25, -0.2) is 12.8 Å². The highest BCUT2D eigenvalue weighted by Crippen LogP contribution is 2.21. The second kappa shape index (κ2) is 8.69. The number of ether oxygens (including phenoxy) is 1. The van der Waals surface area contributed by atoms with E-state index in [2.05, 4.69) is 4.90 Å². The lowest BCUT2D eigenvalue weighted by molar-refractivity contribution is -0.129. The third kappa shape index (κ3) is 5.17. The molecule has 0 radical (unpaired) electrons. The summed E-state index contributed by atoms with van der Waals surface area (Å²) in [6.45, 7) is 1.96. The van der Waals surface area contributed by atoms with Crippen LogP contribution in [0.25, 0.3) is 0 Å². The molecule has 0 N–H and O–H groups in total. The maximum absolute atomic E-state index is 13.2. The number of piperazine rings is 1. The van der Waals surface area contributed by atoms with Crippen molar-refractivity contribution in [2.24, 2.45) is 0 Å². The van der Waals surface area contributed by atoms with Gasteiger partial charge in [0.15, 0.2) is 0 Å².